The zero-order chi connectivity index (χ0) is 9.84. The average Bonchev–Trinajstić information content (AvgIpc) is 2.07. The molecule has 76 valence electrons. The second-order valence-corrected chi connectivity index (χ2v) is 3.91. The van der Waals surface area contributed by atoms with Crippen LogP contribution in [0, 0.1) is 11.3 Å². The highest BCUT2D eigenvalue weighted by atomic mass is 15.1. The summed E-state index contributed by atoms with van der Waals surface area (Å²) in [7, 11) is 0. The highest BCUT2D eigenvalue weighted by Crippen LogP contribution is 2.25. The van der Waals surface area contributed by atoms with E-state index in [9.17, 15) is 0 Å². The van der Waals surface area contributed by atoms with E-state index >= 15 is 0 Å². The Kier molecular flexibility index (Phi) is 3.54. The molecule has 0 heterocycles. The Morgan fingerprint density at radius 1 is 1.54 bits per heavy atom. The van der Waals surface area contributed by atoms with Crippen molar-refractivity contribution < 1.29 is 0 Å². The molecular formula is C9H20N4. The van der Waals surface area contributed by atoms with Crippen LogP contribution >= 0.6 is 0 Å². The van der Waals surface area contributed by atoms with Gasteiger partial charge >= 0.3 is 0 Å². The predicted octanol–water partition coefficient (Wildman–Crippen LogP) is 0.375. The van der Waals surface area contributed by atoms with Crippen LogP contribution < -0.4 is 16.8 Å². The van der Waals surface area contributed by atoms with Gasteiger partial charge in [0.05, 0.1) is 0 Å². The van der Waals surface area contributed by atoms with E-state index in [0.717, 1.165) is 25.7 Å². The zero-order valence-electron chi connectivity index (χ0n) is 8.22. The van der Waals surface area contributed by atoms with Gasteiger partial charge in [0.25, 0.3) is 0 Å². The molecule has 3 atom stereocenters. The minimum absolute atomic E-state index is 0.0823. The third-order valence-corrected chi connectivity index (χ3v) is 2.89. The first kappa shape index (κ1) is 10.3. The average molecular weight is 184 g/mol. The summed E-state index contributed by atoms with van der Waals surface area (Å²) >= 11 is 0. The maximum Gasteiger partial charge on any atom is 0.185 e. The maximum atomic E-state index is 7.18. The van der Waals surface area contributed by atoms with Gasteiger partial charge in [-0.05, 0) is 25.2 Å². The number of nitrogens with two attached hydrogens (primary N) is 2. The molecule has 4 heteroatoms. The van der Waals surface area contributed by atoms with E-state index < -0.39 is 0 Å². The fourth-order valence-electron chi connectivity index (χ4n) is 2.14. The molecule has 1 fully saturated rings. The SMILES string of the molecule is CC[C@@H]1C[C@@H](N)CC[C@H]1NC(=N)N. The van der Waals surface area contributed by atoms with Gasteiger partial charge in [0.2, 0.25) is 0 Å². The van der Waals surface area contributed by atoms with Crippen molar-refractivity contribution in [3.63, 3.8) is 0 Å². The van der Waals surface area contributed by atoms with E-state index in [2.05, 4.69) is 12.2 Å². The molecule has 1 saturated carbocycles. The standard InChI is InChI=1S/C9H20N4/c1-2-6-5-7(10)3-4-8(6)13-9(11)12/h6-8H,2-5,10H2,1H3,(H4,11,12,13)/t6-,7+,8-/m1/s1. The van der Waals surface area contributed by atoms with Crippen molar-refractivity contribution >= 4 is 5.96 Å². The Morgan fingerprint density at radius 3 is 2.77 bits per heavy atom. The lowest BCUT2D eigenvalue weighted by atomic mass is 9.80. The van der Waals surface area contributed by atoms with E-state index in [4.69, 9.17) is 16.9 Å². The molecule has 0 aromatic heterocycles. The Hall–Kier alpha value is -0.770. The molecule has 0 unspecified atom stereocenters. The van der Waals surface area contributed by atoms with Gasteiger partial charge in [-0.1, -0.05) is 13.3 Å². The Balaban J connectivity index is 2.47. The van der Waals surface area contributed by atoms with Crippen molar-refractivity contribution in [2.24, 2.45) is 17.4 Å². The van der Waals surface area contributed by atoms with Gasteiger partial charge in [-0.25, -0.2) is 0 Å². The molecule has 4 nitrogen and oxygen atoms in total. The summed E-state index contributed by atoms with van der Waals surface area (Å²) in [5.74, 6) is 0.659. The van der Waals surface area contributed by atoms with E-state index in [1.165, 1.54) is 0 Å². The molecule has 0 bridgehead atoms. The summed E-state index contributed by atoms with van der Waals surface area (Å²) in [5, 5.41) is 10.2. The molecule has 13 heavy (non-hydrogen) atoms. The van der Waals surface area contributed by atoms with Crippen LogP contribution in [0.25, 0.3) is 0 Å². The third kappa shape index (κ3) is 2.88. The summed E-state index contributed by atoms with van der Waals surface area (Å²) in [6.45, 7) is 2.16. The van der Waals surface area contributed by atoms with Crippen molar-refractivity contribution in [3.8, 4) is 0 Å². The number of hydrogen-bond donors (Lipinski definition) is 4. The molecule has 1 aliphatic carbocycles. The summed E-state index contributed by atoms with van der Waals surface area (Å²) in [6, 6.07) is 0.706. The van der Waals surface area contributed by atoms with Crippen LogP contribution in [0.4, 0.5) is 0 Å². The number of guanidine groups is 1. The van der Waals surface area contributed by atoms with Gasteiger partial charge in [0.15, 0.2) is 5.96 Å². The van der Waals surface area contributed by atoms with Crippen molar-refractivity contribution in [2.75, 3.05) is 0 Å². The summed E-state index contributed by atoms with van der Waals surface area (Å²) in [6.07, 6.45) is 4.25. The second kappa shape index (κ2) is 4.46. The third-order valence-electron chi connectivity index (χ3n) is 2.89. The molecule has 1 aliphatic rings. The number of nitrogens with one attached hydrogen (secondary N) is 2. The Labute approximate surface area is 79.6 Å². The molecule has 6 N–H and O–H groups in total. The first-order chi connectivity index (χ1) is 6.13. The maximum absolute atomic E-state index is 7.18. The van der Waals surface area contributed by atoms with Crippen molar-refractivity contribution in [1.82, 2.24) is 5.32 Å². The quantitative estimate of drug-likeness (QED) is 0.369. The predicted molar refractivity (Wildman–Crippen MR) is 54.4 cm³/mol. The van der Waals surface area contributed by atoms with Crippen LogP contribution in [0.15, 0.2) is 0 Å². The lowest BCUT2D eigenvalue weighted by Crippen LogP contribution is -2.48. The second-order valence-electron chi connectivity index (χ2n) is 3.91. The van der Waals surface area contributed by atoms with E-state index in [-0.39, 0.29) is 5.96 Å². The van der Waals surface area contributed by atoms with Crippen LogP contribution in [-0.2, 0) is 0 Å². The Bertz CT molecular complexity index is 180. The highest BCUT2D eigenvalue weighted by Gasteiger charge is 2.27. The van der Waals surface area contributed by atoms with Gasteiger partial charge in [0, 0.05) is 12.1 Å². The summed E-state index contributed by atoms with van der Waals surface area (Å²) in [5.41, 5.74) is 11.2. The minimum Gasteiger partial charge on any atom is -0.370 e. The van der Waals surface area contributed by atoms with Crippen molar-refractivity contribution in [2.45, 2.75) is 44.7 Å². The smallest absolute Gasteiger partial charge is 0.185 e. The molecule has 0 amide bonds. The minimum atomic E-state index is 0.0823. The first-order valence-corrected chi connectivity index (χ1v) is 4.99. The van der Waals surface area contributed by atoms with Crippen molar-refractivity contribution in [1.29, 1.82) is 5.41 Å². The van der Waals surface area contributed by atoms with E-state index in [0.29, 0.717) is 18.0 Å². The van der Waals surface area contributed by atoms with Crippen LogP contribution in [0.3, 0.4) is 0 Å². The topological polar surface area (TPSA) is 87.9 Å². The van der Waals surface area contributed by atoms with Crippen LogP contribution in [0.5, 0.6) is 0 Å². The van der Waals surface area contributed by atoms with Crippen LogP contribution in [0.1, 0.15) is 32.6 Å². The van der Waals surface area contributed by atoms with Gasteiger partial charge in [-0.3, -0.25) is 5.41 Å². The number of hydrogen-bond acceptors (Lipinski definition) is 2. The van der Waals surface area contributed by atoms with Crippen molar-refractivity contribution in [3.05, 3.63) is 0 Å². The number of rotatable bonds is 2. The fourth-order valence-corrected chi connectivity index (χ4v) is 2.14. The van der Waals surface area contributed by atoms with E-state index in [1.807, 2.05) is 0 Å². The Morgan fingerprint density at radius 2 is 2.23 bits per heavy atom. The normalized spacial score (nSPS) is 34.2. The van der Waals surface area contributed by atoms with Gasteiger partial charge < -0.3 is 16.8 Å². The van der Waals surface area contributed by atoms with Crippen LogP contribution in [-0.4, -0.2) is 18.0 Å². The molecule has 1 rings (SSSR count). The highest BCUT2D eigenvalue weighted by molar-refractivity contribution is 5.74. The molecular weight excluding hydrogens is 164 g/mol. The molecule has 0 spiro atoms. The molecule has 0 saturated heterocycles. The molecule has 0 radical (unpaired) electrons. The largest absolute Gasteiger partial charge is 0.370 e. The monoisotopic (exact) mass is 184 g/mol. The molecule has 0 aromatic rings. The zero-order valence-corrected chi connectivity index (χ0v) is 8.22. The van der Waals surface area contributed by atoms with Gasteiger partial charge in [-0.2, -0.15) is 0 Å². The summed E-state index contributed by atoms with van der Waals surface area (Å²) in [4.78, 5) is 0. The summed E-state index contributed by atoms with van der Waals surface area (Å²) < 4.78 is 0. The van der Waals surface area contributed by atoms with Gasteiger partial charge in [-0.15, -0.1) is 0 Å². The molecule has 0 aliphatic heterocycles. The first-order valence-electron chi connectivity index (χ1n) is 4.99. The van der Waals surface area contributed by atoms with Crippen LogP contribution in [0.2, 0.25) is 0 Å². The van der Waals surface area contributed by atoms with E-state index in [1.54, 1.807) is 0 Å². The lowest BCUT2D eigenvalue weighted by molar-refractivity contribution is 0.255. The van der Waals surface area contributed by atoms with Gasteiger partial charge in [0.1, 0.15) is 0 Å². The lowest BCUT2D eigenvalue weighted by Gasteiger charge is -2.34. The molecule has 0 aromatic carbocycles. The fraction of sp³-hybridized carbons (Fsp3) is 0.889.